The molecule has 25 nitrogen and oxygen atoms in total. The molecular weight excluding hydrogens is 1000 g/mol. The molecule has 0 spiro atoms. The summed E-state index contributed by atoms with van der Waals surface area (Å²) in [6.07, 6.45) is 4.72. The van der Waals surface area contributed by atoms with Crippen LogP contribution in [0.25, 0.3) is 11.0 Å². The van der Waals surface area contributed by atoms with Crippen molar-refractivity contribution in [2.75, 3.05) is 171 Å². The second-order valence-electron chi connectivity index (χ2n) is 19.1. The number of imide groups is 1. The Morgan fingerprint density at radius 3 is 1.83 bits per heavy atom. The SMILES string of the molecule is Cc1c(CC(=O)N(C)C)ccc(NC(=O)c2nn([C@@H]3CCCN(C(=O)/C=C/CN(C)CCOCCOCCOCCOCCOCCOCCOCCOCCOC(=O)NC(=O)OC(C)(C)C)C3)c3ncnc(N)c23)c1C. The monoisotopic (exact) mass is 1090 g/mol. The number of hydrogen-bond donors (Lipinski definition) is 3. The van der Waals surface area contributed by atoms with Gasteiger partial charge in [0, 0.05) is 52.0 Å². The number of nitrogens with two attached hydrogens (primary N) is 1. The molecule has 0 aliphatic carbocycles. The predicted octanol–water partition coefficient (Wildman–Crippen LogP) is 3.35. The van der Waals surface area contributed by atoms with Gasteiger partial charge in [0.05, 0.1) is 124 Å². The normalized spacial score (nSPS) is 13.9. The molecule has 77 heavy (non-hydrogen) atoms. The van der Waals surface area contributed by atoms with Gasteiger partial charge >= 0.3 is 12.2 Å². The molecule has 1 aliphatic rings. The summed E-state index contributed by atoms with van der Waals surface area (Å²) in [7, 11) is 5.40. The smallest absolute Gasteiger partial charge is 0.417 e. The Labute approximate surface area is 451 Å². The topological polar surface area (TPSA) is 281 Å². The van der Waals surface area contributed by atoms with Crippen molar-refractivity contribution in [2.45, 2.75) is 65.5 Å². The van der Waals surface area contributed by atoms with Crippen molar-refractivity contribution in [2.24, 2.45) is 0 Å². The zero-order chi connectivity index (χ0) is 56.0. The number of carbonyl (C=O) groups excluding carboxylic acids is 5. The van der Waals surface area contributed by atoms with E-state index in [0.29, 0.717) is 142 Å². The lowest BCUT2D eigenvalue weighted by Gasteiger charge is -2.32. The Bertz CT molecular complexity index is 2330. The number of piperidine rings is 1. The Morgan fingerprint density at radius 1 is 0.740 bits per heavy atom. The van der Waals surface area contributed by atoms with Gasteiger partial charge in [0.1, 0.15) is 24.4 Å². The average molecular weight is 1090 g/mol. The van der Waals surface area contributed by atoms with Crippen molar-refractivity contribution in [3.05, 3.63) is 53.0 Å². The van der Waals surface area contributed by atoms with Crippen molar-refractivity contribution in [1.82, 2.24) is 39.8 Å². The lowest BCUT2D eigenvalue weighted by atomic mass is 9.98. The van der Waals surface area contributed by atoms with Crippen molar-refractivity contribution in [1.29, 1.82) is 0 Å². The van der Waals surface area contributed by atoms with Gasteiger partial charge in [0.2, 0.25) is 11.8 Å². The molecule has 1 saturated heterocycles. The van der Waals surface area contributed by atoms with E-state index in [2.05, 4.69) is 20.2 Å². The number of alkyl carbamates (subject to hydrolysis) is 2. The van der Waals surface area contributed by atoms with Gasteiger partial charge in [-0.15, -0.1) is 0 Å². The molecule has 1 aromatic carbocycles. The number of aromatic nitrogens is 4. The fourth-order valence-electron chi connectivity index (χ4n) is 7.48. The van der Waals surface area contributed by atoms with E-state index in [1.807, 2.05) is 38.4 Å². The van der Waals surface area contributed by atoms with Crippen LogP contribution in [-0.2, 0) is 63.4 Å². The molecule has 1 aliphatic heterocycles. The Morgan fingerprint density at radius 2 is 1.29 bits per heavy atom. The average Bonchev–Trinajstić information content (AvgIpc) is 3.79. The highest BCUT2D eigenvalue weighted by Crippen LogP contribution is 2.30. The summed E-state index contributed by atoms with van der Waals surface area (Å²) < 4.78 is 55.6. The second-order valence-corrected chi connectivity index (χ2v) is 19.1. The number of benzene rings is 1. The highest BCUT2D eigenvalue weighted by molar-refractivity contribution is 6.13. The van der Waals surface area contributed by atoms with Gasteiger partial charge in [0.15, 0.2) is 11.3 Å². The molecule has 3 aromatic rings. The molecular formula is C52H82N10O15. The Balaban J connectivity index is 0.964. The van der Waals surface area contributed by atoms with Crippen LogP contribution in [0, 0.1) is 13.8 Å². The fourth-order valence-corrected chi connectivity index (χ4v) is 7.48. The number of carbonyl (C=O) groups is 5. The van der Waals surface area contributed by atoms with Crippen molar-refractivity contribution >= 4 is 52.4 Å². The maximum Gasteiger partial charge on any atom is 0.417 e. The number of rotatable bonds is 35. The molecule has 1 fully saturated rings. The summed E-state index contributed by atoms with van der Waals surface area (Å²) in [4.78, 5) is 76.6. The van der Waals surface area contributed by atoms with Crippen LogP contribution in [0.2, 0.25) is 0 Å². The van der Waals surface area contributed by atoms with Crippen LogP contribution < -0.4 is 16.4 Å². The summed E-state index contributed by atoms with van der Waals surface area (Å²) in [6, 6.07) is 3.39. The van der Waals surface area contributed by atoms with Crippen molar-refractivity contribution in [3.63, 3.8) is 0 Å². The second kappa shape index (κ2) is 34.8. The maximum atomic E-state index is 13.8. The van der Waals surface area contributed by atoms with E-state index in [1.165, 1.54) is 6.33 Å². The first-order chi connectivity index (χ1) is 36.9. The molecule has 4 N–H and O–H groups in total. The van der Waals surface area contributed by atoms with Gasteiger partial charge in [-0.3, -0.25) is 14.4 Å². The lowest BCUT2D eigenvalue weighted by molar-refractivity contribution is -0.128. The largest absolute Gasteiger partial charge is 0.447 e. The van der Waals surface area contributed by atoms with Gasteiger partial charge in [-0.25, -0.2) is 29.6 Å². The zero-order valence-corrected chi connectivity index (χ0v) is 46.3. The third-order valence-corrected chi connectivity index (χ3v) is 11.7. The Hall–Kier alpha value is -5.90. The van der Waals surface area contributed by atoms with E-state index in [-0.39, 0.29) is 49.0 Å². The summed E-state index contributed by atoms with van der Waals surface area (Å²) in [5.74, 6) is -0.465. The van der Waals surface area contributed by atoms with Crippen LogP contribution in [0.4, 0.5) is 21.1 Å². The molecule has 0 radical (unpaired) electrons. The number of nitrogen functional groups attached to an aromatic ring is 1. The van der Waals surface area contributed by atoms with Crippen LogP contribution >= 0.6 is 0 Å². The summed E-state index contributed by atoms with van der Waals surface area (Å²) >= 11 is 0. The minimum Gasteiger partial charge on any atom is -0.447 e. The van der Waals surface area contributed by atoms with Gasteiger partial charge in [-0.05, 0) is 77.3 Å². The minimum atomic E-state index is -0.906. The maximum absolute atomic E-state index is 13.8. The quantitative estimate of drug-likeness (QED) is 0.0562. The molecule has 430 valence electrons. The fraction of sp³-hybridized carbons (Fsp3) is 0.654. The highest BCUT2D eigenvalue weighted by atomic mass is 16.6. The number of likely N-dealkylation sites (tertiary alicyclic amines) is 1. The molecule has 0 bridgehead atoms. The van der Waals surface area contributed by atoms with Gasteiger partial charge in [-0.2, -0.15) is 5.10 Å². The van der Waals surface area contributed by atoms with E-state index in [4.69, 9.17) is 58.2 Å². The van der Waals surface area contributed by atoms with E-state index in [0.717, 1.165) is 29.5 Å². The van der Waals surface area contributed by atoms with Gasteiger partial charge in [-0.1, -0.05) is 12.1 Å². The first kappa shape index (κ1) is 63.6. The molecule has 5 amide bonds. The van der Waals surface area contributed by atoms with E-state index in [9.17, 15) is 24.0 Å². The lowest BCUT2D eigenvalue weighted by Crippen LogP contribution is -2.40. The molecule has 3 heterocycles. The van der Waals surface area contributed by atoms with Crippen molar-refractivity contribution < 1.29 is 71.3 Å². The van der Waals surface area contributed by atoms with Gasteiger partial charge in [0.25, 0.3) is 5.91 Å². The zero-order valence-electron chi connectivity index (χ0n) is 46.3. The number of fused-ring (bicyclic) bond motifs is 1. The van der Waals surface area contributed by atoms with Crippen LogP contribution in [0.15, 0.2) is 30.6 Å². The van der Waals surface area contributed by atoms with Crippen LogP contribution in [-0.4, -0.2) is 230 Å². The summed E-state index contributed by atoms with van der Waals surface area (Å²) in [6.45, 7) is 17.6. The summed E-state index contributed by atoms with van der Waals surface area (Å²) in [5.41, 5.74) is 9.33. The predicted molar refractivity (Wildman–Crippen MR) is 285 cm³/mol. The molecule has 1 atom stereocenters. The Kier molecular flexibility index (Phi) is 28.7. The van der Waals surface area contributed by atoms with Crippen LogP contribution in [0.1, 0.15) is 66.8 Å². The summed E-state index contributed by atoms with van der Waals surface area (Å²) in [5, 5.41) is 10.0. The number of hydrogen-bond acceptors (Lipinski definition) is 20. The van der Waals surface area contributed by atoms with Crippen molar-refractivity contribution in [3.8, 4) is 0 Å². The third kappa shape index (κ3) is 24.1. The van der Waals surface area contributed by atoms with E-state index >= 15 is 0 Å². The number of amides is 5. The van der Waals surface area contributed by atoms with Crippen LogP contribution in [0.5, 0.6) is 0 Å². The number of nitrogens with zero attached hydrogens (tertiary/aromatic N) is 7. The first-order valence-corrected chi connectivity index (χ1v) is 26.0. The minimum absolute atomic E-state index is 0.0144. The van der Waals surface area contributed by atoms with Gasteiger partial charge < -0.3 is 73.1 Å². The molecule has 25 heteroatoms. The first-order valence-electron chi connectivity index (χ1n) is 26.0. The molecule has 2 aromatic heterocycles. The number of nitrogens with one attached hydrogen (secondary N) is 2. The molecule has 0 saturated carbocycles. The number of likely N-dealkylation sites (N-methyl/N-ethyl adjacent to an activating group) is 2. The molecule has 0 unspecified atom stereocenters. The third-order valence-electron chi connectivity index (χ3n) is 11.7. The van der Waals surface area contributed by atoms with E-state index in [1.54, 1.807) is 61.5 Å². The highest BCUT2D eigenvalue weighted by Gasteiger charge is 2.30. The van der Waals surface area contributed by atoms with Crippen LogP contribution in [0.3, 0.4) is 0 Å². The number of ether oxygens (including phenoxy) is 10. The number of anilines is 2. The standard InChI is InChI=1S/C52H82N10O15/c1-38-39(2)42(14-13-40(38)35-44(64)59(6)7)56-49(65)46-45-47(53)54-37-55-48(45)62(58-46)41-11-9-16-61(36-41)43(63)12-10-15-60(8)17-18-68-19-20-69-21-22-70-23-24-71-25-26-72-27-28-73-29-30-74-31-32-75-33-34-76-50(66)57-51(67)77-52(3,4)5/h10,12-14,37,41H,9,11,15-36H2,1-8H3,(H,56,65)(H2,53,54,55)(H,57,66,67)/b12-10+/t41-/m1/s1. The van der Waals surface area contributed by atoms with E-state index < -0.39 is 23.7 Å². The molecule has 4 rings (SSSR count).